The van der Waals surface area contributed by atoms with Gasteiger partial charge in [-0.3, -0.25) is 0 Å². The molecular formula is C13H22O5. The van der Waals surface area contributed by atoms with Crippen LogP contribution >= 0.6 is 0 Å². The Kier molecular flexibility index (Phi) is 3.60. The number of rotatable bonds is 6. The molecule has 1 N–H and O–H groups in total. The van der Waals surface area contributed by atoms with E-state index in [1.54, 1.807) is 7.11 Å². The van der Waals surface area contributed by atoms with Crippen LogP contribution in [0.4, 0.5) is 0 Å². The lowest BCUT2D eigenvalue weighted by atomic mass is 9.88. The monoisotopic (exact) mass is 258 g/mol. The summed E-state index contributed by atoms with van der Waals surface area (Å²) in [4.78, 5) is 0. The maximum atomic E-state index is 9.07. The van der Waals surface area contributed by atoms with Crippen molar-refractivity contribution in [1.82, 2.24) is 0 Å². The van der Waals surface area contributed by atoms with Crippen LogP contribution < -0.4 is 0 Å². The third kappa shape index (κ3) is 2.42. The average Bonchev–Trinajstić information content (AvgIpc) is 2.33. The number of aliphatic hydroxyl groups excluding tert-OH is 1. The predicted octanol–water partition coefficient (Wildman–Crippen LogP) is 1.18. The van der Waals surface area contributed by atoms with Gasteiger partial charge in [-0.05, 0) is 12.8 Å². The molecule has 104 valence electrons. The number of hydrogen-bond donors (Lipinski definition) is 1. The van der Waals surface area contributed by atoms with E-state index in [0.29, 0.717) is 18.3 Å². The van der Waals surface area contributed by atoms with Crippen molar-refractivity contribution < 1.29 is 24.1 Å². The van der Waals surface area contributed by atoms with Gasteiger partial charge in [0.05, 0.1) is 31.0 Å². The van der Waals surface area contributed by atoms with E-state index in [0.717, 1.165) is 38.5 Å². The molecule has 3 heterocycles. The molecule has 3 saturated heterocycles. The van der Waals surface area contributed by atoms with Crippen LogP contribution in [0.2, 0.25) is 0 Å². The van der Waals surface area contributed by atoms with Crippen LogP contribution in [0.5, 0.6) is 0 Å². The summed E-state index contributed by atoms with van der Waals surface area (Å²) in [5.74, 6) is -0.803. The Balaban J connectivity index is 1.53. The van der Waals surface area contributed by atoms with Crippen molar-refractivity contribution in [3.63, 3.8) is 0 Å². The van der Waals surface area contributed by atoms with Gasteiger partial charge < -0.3 is 24.1 Å². The molecule has 0 radical (unpaired) electrons. The summed E-state index contributed by atoms with van der Waals surface area (Å²) in [7, 11) is 1.62. The Hall–Kier alpha value is -0.200. The minimum Gasteiger partial charge on any atom is -0.394 e. The van der Waals surface area contributed by atoms with Crippen LogP contribution in [0.1, 0.15) is 38.5 Å². The van der Waals surface area contributed by atoms with E-state index in [-0.39, 0.29) is 12.7 Å². The van der Waals surface area contributed by atoms with Crippen LogP contribution in [-0.2, 0) is 18.9 Å². The highest BCUT2D eigenvalue weighted by Gasteiger charge is 2.54. The molecule has 4 aliphatic rings. The summed E-state index contributed by atoms with van der Waals surface area (Å²) in [5, 5.41) is 9.07. The van der Waals surface area contributed by atoms with Crippen molar-refractivity contribution in [2.24, 2.45) is 0 Å². The Morgan fingerprint density at radius 1 is 1.17 bits per heavy atom. The standard InChI is InChI=1S/C13H22O5/c1-15-9(8-14)3-2-4-13-16-10-5-11(17-13)7-12(6-10)18-13/h9-12,14H,2-8H2,1H3. The normalized spacial score (nSPS) is 43.3. The van der Waals surface area contributed by atoms with Gasteiger partial charge in [0.15, 0.2) is 0 Å². The molecule has 4 rings (SSSR count). The smallest absolute Gasteiger partial charge is 0.283 e. The fourth-order valence-corrected chi connectivity index (χ4v) is 3.31. The lowest BCUT2D eigenvalue weighted by molar-refractivity contribution is -0.495. The second-order valence-electron chi connectivity index (χ2n) is 5.54. The fourth-order valence-electron chi connectivity index (χ4n) is 3.31. The van der Waals surface area contributed by atoms with Gasteiger partial charge in [0, 0.05) is 32.8 Å². The minimum atomic E-state index is -0.803. The molecule has 0 aromatic rings. The fraction of sp³-hybridized carbons (Fsp3) is 1.00. The summed E-state index contributed by atoms with van der Waals surface area (Å²) < 4.78 is 22.9. The second kappa shape index (κ2) is 5.06. The van der Waals surface area contributed by atoms with Gasteiger partial charge in [-0.15, -0.1) is 0 Å². The minimum absolute atomic E-state index is 0.0555. The summed E-state index contributed by atoms with van der Waals surface area (Å²) in [6, 6.07) is 0. The Labute approximate surface area is 107 Å². The largest absolute Gasteiger partial charge is 0.394 e. The lowest BCUT2D eigenvalue weighted by Gasteiger charge is -2.55. The first-order chi connectivity index (χ1) is 8.73. The Morgan fingerprint density at radius 2 is 1.72 bits per heavy atom. The van der Waals surface area contributed by atoms with Gasteiger partial charge >= 0.3 is 0 Å². The van der Waals surface area contributed by atoms with Crippen LogP contribution in [0.25, 0.3) is 0 Å². The first-order valence-corrected chi connectivity index (χ1v) is 6.90. The second-order valence-corrected chi connectivity index (χ2v) is 5.54. The van der Waals surface area contributed by atoms with Gasteiger partial charge in [0.25, 0.3) is 5.97 Å². The third-order valence-electron chi connectivity index (χ3n) is 4.16. The molecule has 0 aromatic carbocycles. The van der Waals surface area contributed by atoms with Crippen molar-refractivity contribution in [3.05, 3.63) is 0 Å². The maximum Gasteiger partial charge on any atom is 0.283 e. The van der Waals surface area contributed by atoms with Crippen LogP contribution in [0.15, 0.2) is 0 Å². The summed E-state index contributed by atoms with van der Waals surface area (Å²) >= 11 is 0. The highest BCUT2D eigenvalue weighted by atomic mass is 16.9. The van der Waals surface area contributed by atoms with Crippen molar-refractivity contribution in [2.45, 2.75) is 68.9 Å². The molecule has 0 spiro atoms. The zero-order chi connectivity index (χ0) is 12.6. The first-order valence-electron chi connectivity index (χ1n) is 6.90. The average molecular weight is 258 g/mol. The van der Waals surface area contributed by atoms with Gasteiger partial charge in [-0.25, -0.2) is 0 Å². The molecule has 4 fully saturated rings. The van der Waals surface area contributed by atoms with Crippen LogP contribution in [-0.4, -0.2) is 49.2 Å². The van der Waals surface area contributed by atoms with Gasteiger partial charge in [0.2, 0.25) is 0 Å². The molecule has 0 amide bonds. The van der Waals surface area contributed by atoms with Crippen LogP contribution in [0, 0.1) is 0 Å². The van der Waals surface area contributed by atoms with E-state index >= 15 is 0 Å². The van der Waals surface area contributed by atoms with Crippen molar-refractivity contribution in [3.8, 4) is 0 Å². The number of aliphatic hydroxyl groups is 1. The quantitative estimate of drug-likeness (QED) is 0.775. The third-order valence-corrected chi connectivity index (χ3v) is 4.16. The Morgan fingerprint density at radius 3 is 2.17 bits per heavy atom. The van der Waals surface area contributed by atoms with E-state index in [2.05, 4.69) is 0 Å². The molecule has 1 saturated carbocycles. The first kappa shape index (κ1) is 12.8. The molecule has 5 nitrogen and oxygen atoms in total. The molecule has 5 heteroatoms. The molecule has 0 aromatic heterocycles. The SMILES string of the molecule is COC(CO)CCCC12OC3CC(CC(C3)O1)O2. The van der Waals surface area contributed by atoms with E-state index in [9.17, 15) is 0 Å². The van der Waals surface area contributed by atoms with Gasteiger partial charge in [-0.1, -0.05) is 0 Å². The molecule has 18 heavy (non-hydrogen) atoms. The highest BCUT2D eigenvalue weighted by molar-refractivity contribution is 4.91. The van der Waals surface area contributed by atoms with E-state index < -0.39 is 5.97 Å². The van der Waals surface area contributed by atoms with E-state index in [1.165, 1.54) is 0 Å². The Bertz CT molecular complexity index is 254. The summed E-state index contributed by atoms with van der Waals surface area (Å²) in [5.41, 5.74) is 0. The van der Waals surface area contributed by atoms with Crippen molar-refractivity contribution >= 4 is 0 Å². The summed E-state index contributed by atoms with van der Waals surface area (Å²) in [6.45, 7) is 0.0555. The summed E-state index contributed by atoms with van der Waals surface area (Å²) in [6.07, 6.45) is 6.26. The number of ether oxygens (including phenoxy) is 4. The number of methoxy groups -OCH3 is 1. The highest BCUT2D eigenvalue weighted by Crippen LogP contribution is 2.46. The molecule has 1 aliphatic carbocycles. The van der Waals surface area contributed by atoms with Crippen molar-refractivity contribution in [2.75, 3.05) is 13.7 Å². The predicted molar refractivity (Wildman–Crippen MR) is 62.9 cm³/mol. The zero-order valence-corrected chi connectivity index (χ0v) is 10.8. The molecular weight excluding hydrogens is 236 g/mol. The molecule has 3 aliphatic heterocycles. The molecule has 4 bridgehead atoms. The topological polar surface area (TPSA) is 57.2 Å². The van der Waals surface area contributed by atoms with E-state index in [1.807, 2.05) is 0 Å². The zero-order valence-electron chi connectivity index (χ0n) is 10.8. The van der Waals surface area contributed by atoms with Crippen molar-refractivity contribution in [1.29, 1.82) is 0 Å². The van der Waals surface area contributed by atoms with Gasteiger partial charge in [-0.2, -0.15) is 0 Å². The molecule has 1 atom stereocenters. The lowest BCUT2D eigenvalue weighted by Crippen LogP contribution is -2.62. The van der Waals surface area contributed by atoms with Crippen LogP contribution in [0.3, 0.4) is 0 Å². The number of hydrogen-bond acceptors (Lipinski definition) is 5. The maximum absolute atomic E-state index is 9.07. The van der Waals surface area contributed by atoms with E-state index in [4.69, 9.17) is 24.1 Å². The van der Waals surface area contributed by atoms with Gasteiger partial charge in [0.1, 0.15) is 0 Å². The molecule has 1 unspecified atom stereocenters.